The molecule has 0 atom stereocenters. The van der Waals surface area contributed by atoms with Crippen LogP contribution in [0.4, 0.5) is 0 Å². The van der Waals surface area contributed by atoms with Gasteiger partial charge < -0.3 is 0 Å². The third-order valence-corrected chi connectivity index (χ3v) is 10.5. The molecule has 0 aliphatic carbocycles. The van der Waals surface area contributed by atoms with Crippen LogP contribution >= 0.6 is 11.3 Å². The Morgan fingerprint density at radius 1 is 1.25 bits per heavy atom. The van der Waals surface area contributed by atoms with Crippen molar-refractivity contribution >= 4 is 23.9 Å². The molecule has 0 nitrogen and oxygen atoms in total. The monoisotopic (exact) mass is 197 g/mol. The maximum atomic E-state index is 3.21. The van der Waals surface area contributed by atoms with Crippen molar-refractivity contribution in [1.82, 2.24) is 0 Å². The van der Waals surface area contributed by atoms with Gasteiger partial charge in [-0.1, -0.05) is 45.0 Å². The van der Waals surface area contributed by atoms with Crippen LogP contribution in [-0.2, 0) is 0 Å². The second kappa shape index (κ2) is 4.24. The molecule has 12 heavy (non-hydrogen) atoms. The highest BCUT2D eigenvalue weighted by molar-refractivity contribution is 7.25. The topological polar surface area (TPSA) is 0 Å². The Balaban J connectivity index is 2.93. The first kappa shape index (κ1) is 10.0. The molecule has 2 heteroatoms. The zero-order valence-corrected chi connectivity index (χ0v) is 10.0. The van der Waals surface area contributed by atoms with Gasteiger partial charge in [-0.3, -0.25) is 0 Å². The highest BCUT2D eigenvalue weighted by Gasteiger charge is 2.29. The fourth-order valence-corrected chi connectivity index (χ4v) is 7.52. The Morgan fingerprint density at radius 3 is 2.17 bits per heavy atom. The van der Waals surface area contributed by atoms with Gasteiger partial charge in [-0.25, -0.2) is 0 Å². The molecule has 0 unspecified atom stereocenters. The van der Waals surface area contributed by atoms with E-state index < -0.39 is 8.07 Å². The van der Waals surface area contributed by atoms with Gasteiger partial charge in [-0.15, -0.1) is 11.3 Å². The van der Waals surface area contributed by atoms with Crippen LogP contribution < -0.4 is 4.50 Å². The van der Waals surface area contributed by atoms with Crippen LogP contribution in [0.25, 0.3) is 0 Å². The predicted octanol–water partition coefficient (Wildman–Crippen LogP) is 3.26. The zero-order valence-electron chi connectivity index (χ0n) is 8.18. The summed E-state index contributed by atoms with van der Waals surface area (Å²) >= 11 is 1.84. The third kappa shape index (κ3) is 1.64. The SMILES string of the molecule is CC[Si](CC)(CC)c1cc[c]s1. The van der Waals surface area contributed by atoms with Crippen LogP contribution in [0.15, 0.2) is 12.1 Å². The van der Waals surface area contributed by atoms with Crippen molar-refractivity contribution in [3.8, 4) is 0 Å². The van der Waals surface area contributed by atoms with Gasteiger partial charge in [0.05, 0.1) is 8.07 Å². The van der Waals surface area contributed by atoms with Crippen LogP contribution in [0, 0.1) is 5.38 Å². The molecule has 67 valence electrons. The predicted molar refractivity (Wildman–Crippen MR) is 60.0 cm³/mol. The molecule has 0 saturated heterocycles. The van der Waals surface area contributed by atoms with E-state index in [1.165, 1.54) is 18.1 Å². The molecule has 0 fully saturated rings. The second-order valence-corrected chi connectivity index (χ2v) is 9.72. The molecule has 0 aromatic carbocycles. The van der Waals surface area contributed by atoms with Gasteiger partial charge in [0.2, 0.25) is 0 Å². The average molecular weight is 197 g/mol. The minimum Gasteiger partial charge on any atom is -0.144 e. The number of hydrogen-bond donors (Lipinski definition) is 0. The Bertz CT molecular complexity index is 203. The number of thiophene rings is 1. The van der Waals surface area contributed by atoms with Crippen molar-refractivity contribution in [2.45, 2.75) is 38.9 Å². The molecule has 1 radical (unpaired) electrons. The Kier molecular flexibility index (Phi) is 3.53. The number of rotatable bonds is 4. The van der Waals surface area contributed by atoms with E-state index >= 15 is 0 Å². The van der Waals surface area contributed by atoms with E-state index in [9.17, 15) is 0 Å². The minimum atomic E-state index is -1.05. The first-order valence-corrected chi connectivity index (χ1v) is 8.19. The van der Waals surface area contributed by atoms with Gasteiger partial charge in [-0.05, 0) is 10.6 Å². The summed E-state index contributed by atoms with van der Waals surface area (Å²) in [5.74, 6) is 0. The summed E-state index contributed by atoms with van der Waals surface area (Å²) in [6, 6.07) is 8.51. The summed E-state index contributed by atoms with van der Waals surface area (Å²) in [5.41, 5.74) is 0. The summed E-state index contributed by atoms with van der Waals surface area (Å²) in [7, 11) is -1.05. The number of hydrogen-bond acceptors (Lipinski definition) is 1. The van der Waals surface area contributed by atoms with Gasteiger partial charge in [0.25, 0.3) is 0 Å². The third-order valence-electron chi connectivity index (χ3n) is 3.02. The molecule has 1 aromatic rings. The van der Waals surface area contributed by atoms with Crippen molar-refractivity contribution in [2.24, 2.45) is 0 Å². The highest BCUT2D eigenvalue weighted by atomic mass is 32.1. The molecule has 0 bridgehead atoms. The van der Waals surface area contributed by atoms with Crippen LogP contribution in [0.2, 0.25) is 18.1 Å². The summed E-state index contributed by atoms with van der Waals surface area (Å²) in [6.45, 7) is 7.04. The fourth-order valence-electron chi connectivity index (χ4n) is 1.80. The molecule has 0 spiro atoms. The molecule has 1 heterocycles. The largest absolute Gasteiger partial charge is 0.144 e. The lowest BCUT2D eigenvalue weighted by atomic mass is 10.7. The van der Waals surface area contributed by atoms with E-state index in [1.54, 1.807) is 4.50 Å². The van der Waals surface area contributed by atoms with Crippen LogP contribution in [-0.4, -0.2) is 8.07 Å². The van der Waals surface area contributed by atoms with E-state index in [4.69, 9.17) is 0 Å². The van der Waals surface area contributed by atoms with E-state index in [2.05, 4.69) is 38.3 Å². The standard InChI is InChI=1S/C10H17SSi/c1-4-12(5-2,6-3)10-8-7-9-11-10/h7-8H,4-6H2,1-3H3. The van der Waals surface area contributed by atoms with Crippen molar-refractivity contribution < 1.29 is 0 Å². The minimum absolute atomic E-state index is 1.05. The lowest BCUT2D eigenvalue weighted by Gasteiger charge is -2.26. The van der Waals surface area contributed by atoms with Gasteiger partial charge in [0, 0.05) is 5.38 Å². The van der Waals surface area contributed by atoms with E-state index in [1.807, 2.05) is 11.3 Å². The molecule has 0 saturated carbocycles. The molecule has 0 aliphatic heterocycles. The van der Waals surface area contributed by atoms with Gasteiger partial charge in [-0.2, -0.15) is 0 Å². The first-order chi connectivity index (χ1) is 5.79. The quantitative estimate of drug-likeness (QED) is 0.650. The van der Waals surface area contributed by atoms with E-state index in [0.717, 1.165) is 0 Å². The molecule has 0 N–H and O–H groups in total. The molecule has 1 aromatic heterocycles. The summed E-state index contributed by atoms with van der Waals surface area (Å²) < 4.78 is 1.65. The van der Waals surface area contributed by atoms with Gasteiger partial charge in [0.15, 0.2) is 0 Å². The first-order valence-electron chi connectivity index (χ1n) is 4.75. The smallest absolute Gasteiger partial charge is 0.0987 e. The van der Waals surface area contributed by atoms with Crippen LogP contribution in [0.1, 0.15) is 20.8 Å². The van der Waals surface area contributed by atoms with Crippen LogP contribution in [0.3, 0.4) is 0 Å². The van der Waals surface area contributed by atoms with Gasteiger partial charge in [0.1, 0.15) is 0 Å². The van der Waals surface area contributed by atoms with Crippen molar-refractivity contribution in [2.75, 3.05) is 0 Å². The average Bonchev–Trinajstić information content (AvgIpc) is 2.62. The fraction of sp³-hybridized carbons (Fsp3) is 0.600. The Hall–Kier alpha value is -0.0831. The summed E-state index contributed by atoms with van der Waals surface area (Å²) in [4.78, 5) is 0. The van der Waals surface area contributed by atoms with Crippen molar-refractivity contribution in [3.63, 3.8) is 0 Å². The maximum absolute atomic E-state index is 3.21. The maximum Gasteiger partial charge on any atom is 0.0987 e. The molecule has 1 rings (SSSR count). The van der Waals surface area contributed by atoms with Gasteiger partial charge >= 0.3 is 0 Å². The molecular weight excluding hydrogens is 180 g/mol. The van der Waals surface area contributed by atoms with Crippen molar-refractivity contribution in [1.29, 1.82) is 0 Å². The Morgan fingerprint density at radius 2 is 1.83 bits per heavy atom. The zero-order chi connectivity index (χ0) is 9.03. The summed E-state index contributed by atoms with van der Waals surface area (Å²) in [5, 5.41) is 3.21. The van der Waals surface area contributed by atoms with Crippen molar-refractivity contribution in [3.05, 3.63) is 17.5 Å². The normalized spacial score (nSPS) is 11.9. The van der Waals surface area contributed by atoms with E-state index in [0.29, 0.717) is 0 Å². The lowest BCUT2D eigenvalue weighted by Crippen LogP contribution is -2.43. The Labute approximate surface area is 80.6 Å². The molecule has 0 amide bonds. The summed E-state index contributed by atoms with van der Waals surface area (Å²) in [6.07, 6.45) is 0. The highest BCUT2D eigenvalue weighted by Crippen LogP contribution is 2.21. The molecule has 0 aliphatic rings. The molecular formula is C10H17SSi. The lowest BCUT2D eigenvalue weighted by molar-refractivity contribution is 1.20. The van der Waals surface area contributed by atoms with E-state index in [-0.39, 0.29) is 0 Å². The second-order valence-electron chi connectivity index (χ2n) is 3.26. The van der Waals surface area contributed by atoms with Crippen LogP contribution in [0.5, 0.6) is 0 Å².